The summed E-state index contributed by atoms with van der Waals surface area (Å²) < 4.78 is 78.9. The number of ketones is 1. The Balaban J connectivity index is 1.66. The Kier molecular flexibility index (Phi) is 9.91. The van der Waals surface area contributed by atoms with Crippen molar-refractivity contribution < 1.29 is 40.3 Å². The van der Waals surface area contributed by atoms with Crippen molar-refractivity contribution in [2.24, 2.45) is 0 Å². The highest BCUT2D eigenvalue weighted by Gasteiger charge is 2.37. The molecule has 1 aromatic heterocycles. The Morgan fingerprint density at radius 3 is 2.22 bits per heavy atom. The summed E-state index contributed by atoms with van der Waals surface area (Å²) in [6, 6.07) is 21.5. The summed E-state index contributed by atoms with van der Waals surface area (Å²) in [5, 5.41) is 2.36. The molecule has 0 radical (unpaired) electrons. The number of hydrogen-bond acceptors (Lipinski definition) is 6. The van der Waals surface area contributed by atoms with E-state index in [1.165, 1.54) is 24.3 Å². The van der Waals surface area contributed by atoms with Gasteiger partial charge in [-0.15, -0.1) is 0 Å². The van der Waals surface area contributed by atoms with Crippen LogP contribution in [0.15, 0.2) is 89.3 Å². The first-order chi connectivity index (χ1) is 23.1. The molecule has 0 unspecified atom stereocenters. The minimum absolute atomic E-state index is 0.0390. The molecule has 5 rings (SSSR count). The van der Waals surface area contributed by atoms with E-state index >= 15 is 0 Å². The summed E-state index contributed by atoms with van der Waals surface area (Å²) in [6.45, 7) is 6.20. The van der Waals surface area contributed by atoms with Gasteiger partial charge < -0.3 is 14.5 Å². The van der Waals surface area contributed by atoms with E-state index in [2.05, 4.69) is 0 Å². The molecule has 0 aliphatic rings. The van der Waals surface area contributed by atoms with Crippen molar-refractivity contribution in [2.75, 3.05) is 17.1 Å². The Morgan fingerprint density at radius 2 is 1.61 bits per heavy atom. The van der Waals surface area contributed by atoms with Gasteiger partial charge >= 0.3 is 6.18 Å². The lowest BCUT2D eigenvalue weighted by Gasteiger charge is -2.24. The Morgan fingerprint density at radius 1 is 0.918 bits per heavy atom. The Bertz CT molecular complexity index is 2140. The zero-order valence-electron chi connectivity index (χ0n) is 27.5. The summed E-state index contributed by atoms with van der Waals surface area (Å²) in [6.07, 6.45) is -3.45. The van der Waals surface area contributed by atoms with E-state index in [0.29, 0.717) is 33.6 Å². The molecule has 1 heterocycles. The number of anilines is 1. The standard InChI is InChI=1S/C37H35F3N2O6S/c1-6-32(43)34-30-20-29(25-11-9-12-26(19-25)36(44)41-23(4)37(38,39)40)31(42(7-2)49(5,45)46)21-33(30)48-35(34)24-14-16-27(17-15-24)47-28-13-8-10-22(3)18-28/h8-21,23H,6-7H2,1-5H3,(H,41,44)/t23-/m0/s1. The molecule has 0 aliphatic carbocycles. The van der Waals surface area contributed by atoms with Gasteiger partial charge in [-0.3, -0.25) is 13.9 Å². The van der Waals surface area contributed by atoms with Crippen molar-refractivity contribution in [3.8, 4) is 33.9 Å². The second kappa shape index (κ2) is 13.8. The predicted octanol–water partition coefficient (Wildman–Crippen LogP) is 8.93. The number of amides is 1. The number of carbonyl (C=O) groups is 2. The van der Waals surface area contributed by atoms with E-state index < -0.39 is 28.1 Å². The molecule has 12 heteroatoms. The van der Waals surface area contributed by atoms with Crippen LogP contribution < -0.4 is 14.4 Å². The fraction of sp³-hybridized carbons (Fsp3) is 0.243. The molecule has 8 nitrogen and oxygen atoms in total. The zero-order chi connectivity index (χ0) is 35.7. The summed E-state index contributed by atoms with van der Waals surface area (Å²) in [5.74, 6) is 0.341. The van der Waals surface area contributed by atoms with E-state index in [4.69, 9.17) is 9.15 Å². The molecule has 0 fully saturated rings. The topological polar surface area (TPSA) is 106 Å². The molecule has 5 aromatic rings. The minimum Gasteiger partial charge on any atom is -0.457 e. The third kappa shape index (κ3) is 7.64. The number of nitrogens with one attached hydrogen (secondary N) is 1. The quantitative estimate of drug-likeness (QED) is 0.139. The lowest BCUT2D eigenvalue weighted by atomic mass is 9.95. The molecule has 0 saturated carbocycles. The van der Waals surface area contributed by atoms with Crippen molar-refractivity contribution in [1.29, 1.82) is 0 Å². The molecule has 0 spiro atoms. The lowest BCUT2D eigenvalue weighted by Crippen LogP contribution is -2.43. The van der Waals surface area contributed by atoms with Crippen molar-refractivity contribution in [3.05, 3.63) is 102 Å². The number of rotatable bonds is 11. The van der Waals surface area contributed by atoms with Gasteiger partial charge in [0.25, 0.3) is 5.91 Å². The predicted molar refractivity (Wildman–Crippen MR) is 184 cm³/mol. The van der Waals surface area contributed by atoms with E-state index in [1.54, 1.807) is 50.2 Å². The maximum absolute atomic E-state index is 13.5. The second-order valence-electron chi connectivity index (χ2n) is 11.6. The molecule has 1 atom stereocenters. The third-order valence-electron chi connectivity index (χ3n) is 7.98. The minimum atomic E-state index is -4.64. The summed E-state index contributed by atoms with van der Waals surface area (Å²) in [4.78, 5) is 26.3. The van der Waals surface area contributed by atoms with Crippen LogP contribution in [0.2, 0.25) is 0 Å². The Hall–Kier alpha value is -5.10. The molecule has 1 N–H and O–H groups in total. The number of hydrogen-bond donors (Lipinski definition) is 1. The van der Waals surface area contributed by atoms with Crippen molar-refractivity contribution in [3.63, 3.8) is 0 Å². The number of benzene rings is 4. The van der Waals surface area contributed by atoms with Crippen LogP contribution in [0.1, 0.15) is 53.5 Å². The molecule has 0 saturated heterocycles. The number of ether oxygens (including phenoxy) is 1. The number of aryl methyl sites for hydroxylation is 1. The average Bonchev–Trinajstić information content (AvgIpc) is 3.42. The number of nitrogens with zero attached hydrogens (tertiary/aromatic N) is 1. The average molecular weight is 693 g/mol. The van der Waals surface area contributed by atoms with Gasteiger partial charge in [0.1, 0.15) is 28.9 Å². The number of Topliss-reactive ketones (excluding diaryl/α,β-unsaturated/α-hetero) is 1. The van der Waals surface area contributed by atoms with Crippen LogP contribution in [0.3, 0.4) is 0 Å². The molecule has 49 heavy (non-hydrogen) atoms. The second-order valence-corrected chi connectivity index (χ2v) is 13.5. The lowest BCUT2D eigenvalue weighted by molar-refractivity contribution is -0.149. The highest BCUT2D eigenvalue weighted by Crippen LogP contribution is 2.42. The molecular formula is C37H35F3N2O6S. The van der Waals surface area contributed by atoms with E-state index in [1.807, 2.05) is 36.5 Å². The first-order valence-corrected chi connectivity index (χ1v) is 17.4. The molecule has 0 aliphatic heterocycles. The van der Waals surface area contributed by atoms with Crippen molar-refractivity contribution in [1.82, 2.24) is 5.32 Å². The van der Waals surface area contributed by atoms with Gasteiger partial charge in [0.2, 0.25) is 10.0 Å². The highest BCUT2D eigenvalue weighted by molar-refractivity contribution is 7.92. The van der Waals surface area contributed by atoms with Crippen molar-refractivity contribution >= 4 is 38.4 Å². The monoisotopic (exact) mass is 692 g/mol. The number of sulfonamides is 1. The number of alkyl halides is 3. The van der Waals surface area contributed by atoms with Crippen molar-refractivity contribution in [2.45, 2.75) is 46.3 Å². The van der Waals surface area contributed by atoms with E-state index in [-0.39, 0.29) is 46.9 Å². The summed E-state index contributed by atoms with van der Waals surface area (Å²) >= 11 is 0. The van der Waals surface area contributed by atoms with Crippen LogP contribution in [0, 0.1) is 6.92 Å². The van der Waals surface area contributed by atoms with Crippen LogP contribution >= 0.6 is 0 Å². The van der Waals surface area contributed by atoms with Gasteiger partial charge in [0.15, 0.2) is 5.78 Å². The van der Waals surface area contributed by atoms with E-state index in [0.717, 1.165) is 23.0 Å². The molecule has 0 bridgehead atoms. The van der Waals surface area contributed by atoms with Crippen LogP contribution in [0.4, 0.5) is 18.9 Å². The third-order valence-corrected chi connectivity index (χ3v) is 9.23. The van der Waals surface area contributed by atoms with E-state index in [9.17, 15) is 31.2 Å². The van der Waals surface area contributed by atoms with Gasteiger partial charge in [-0.05, 0) is 86.5 Å². The van der Waals surface area contributed by atoms with Gasteiger partial charge in [-0.1, -0.05) is 31.2 Å². The first kappa shape index (κ1) is 35.2. The smallest absolute Gasteiger partial charge is 0.408 e. The molecule has 1 amide bonds. The number of furan rings is 1. The summed E-state index contributed by atoms with van der Waals surface area (Å²) in [7, 11) is -3.83. The highest BCUT2D eigenvalue weighted by atomic mass is 32.2. The zero-order valence-corrected chi connectivity index (χ0v) is 28.3. The van der Waals surface area contributed by atoms with Gasteiger partial charge in [-0.2, -0.15) is 13.2 Å². The maximum Gasteiger partial charge on any atom is 0.408 e. The fourth-order valence-corrected chi connectivity index (χ4v) is 6.47. The molecule has 256 valence electrons. The number of fused-ring (bicyclic) bond motifs is 1. The van der Waals surface area contributed by atoms with Gasteiger partial charge in [0, 0.05) is 41.1 Å². The number of halogens is 3. The number of carbonyl (C=O) groups excluding carboxylic acids is 2. The normalized spacial score (nSPS) is 12.5. The van der Waals surface area contributed by atoms with Crippen LogP contribution in [-0.4, -0.2) is 45.1 Å². The maximum atomic E-state index is 13.5. The van der Waals surface area contributed by atoms with Crippen LogP contribution in [0.5, 0.6) is 11.5 Å². The van der Waals surface area contributed by atoms with Crippen LogP contribution in [-0.2, 0) is 10.0 Å². The largest absolute Gasteiger partial charge is 0.457 e. The molecule has 4 aromatic carbocycles. The molecular weight excluding hydrogens is 657 g/mol. The van der Waals surface area contributed by atoms with Gasteiger partial charge in [-0.25, -0.2) is 8.42 Å². The SMILES string of the molecule is CCC(=O)c1c(-c2ccc(Oc3cccc(C)c3)cc2)oc2cc(N(CC)S(C)(=O)=O)c(-c3cccc(C(=O)N[C@@H](C)C(F)(F)F)c3)cc12. The fourth-order valence-electron chi connectivity index (χ4n) is 5.49. The van der Waals surface area contributed by atoms with Crippen LogP contribution in [0.25, 0.3) is 33.4 Å². The summed E-state index contributed by atoms with van der Waals surface area (Å²) in [5.41, 5.74) is 2.99. The first-order valence-electron chi connectivity index (χ1n) is 15.5. The Labute approximate surface area is 282 Å². The van der Waals surface area contributed by atoms with Gasteiger partial charge in [0.05, 0.1) is 17.5 Å².